The van der Waals surface area contributed by atoms with Crippen LogP contribution in [-0.4, -0.2) is 15.0 Å². The normalized spacial score (nSPS) is 16.4. The summed E-state index contributed by atoms with van der Waals surface area (Å²) in [5.41, 5.74) is 6.40. The minimum atomic E-state index is 0.195. The Hall–Kier alpha value is -0.940. The molecule has 3 rings (SSSR count). The monoisotopic (exact) mass is 226 g/mol. The number of hydrogen-bond donors (Lipinski definition) is 1. The molecule has 2 N–H and O–H groups in total. The van der Waals surface area contributed by atoms with Gasteiger partial charge in [-0.2, -0.15) is 4.98 Å². The number of rotatable bonds is 1. The highest BCUT2D eigenvalue weighted by atomic mass is 35.5. The molecule has 1 fully saturated rings. The molecule has 6 heteroatoms. The lowest BCUT2D eigenvalue weighted by molar-refractivity contribution is 1.09. The van der Waals surface area contributed by atoms with E-state index in [1.54, 1.807) is 11.3 Å². The summed E-state index contributed by atoms with van der Waals surface area (Å²) in [4.78, 5) is 13.2. The maximum Gasteiger partial charge on any atom is 0.225 e. The molecular formula is C8H7ClN4S. The molecular weight excluding hydrogens is 220 g/mol. The van der Waals surface area contributed by atoms with Gasteiger partial charge in [0.2, 0.25) is 5.28 Å². The second kappa shape index (κ2) is 2.77. The van der Waals surface area contributed by atoms with E-state index in [1.807, 2.05) is 0 Å². The molecule has 1 aliphatic rings. The Bertz CT molecular complexity index is 505. The van der Waals surface area contributed by atoms with Crippen LogP contribution >= 0.6 is 22.9 Å². The van der Waals surface area contributed by atoms with E-state index in [-0.39, 0.29) is 5.28 Å². The van der Waals surface area contributed by atoms with Crippen LogP contribution in [0.2, 0.25) is 5.28 Å². The summed E-state index contributed by atoms with van der Waals surface area (Å²) in [6.07, 6.45) is 2.45. The fourth-order valence-electron chi connectivity index (χ4n) is 1.34. The molecule has 1 aliphatic carbocycles. The zero-order chi connectivity index (χ0) is 9.71. The number of fused-ring (bicyclic) bond motifs is 1. The molecule has 0 aliphatic heterocycles. The highest BCUT2D eigenvalue weighted by molar-refractivity contribution is 7.18. The lowest BCUT2D eigenvalue weighted by Gasteiger charge is -1.92. The van der Waals surface area contributed by atoms with Crippen molar-refractivity contribution in [3.05, 3.63) is 10.3 Å². The predicted molar refractivity (Wildman–Crippen MR) is 56.6 cm³/mol. The lowest BCUT2D eigenvalue weighted by atomic mass is 10.4. The van der Waals surface area contributed by atoms with Crippen LogP contribution < -0.4 is 5.73 Å². The van der Waals surface area contributed by atoms with Gasteiger partial charge in [-0.3, -0.25) is 0 Å². The summed E-state index contributed by atoms with van der Waals surface area (Å²) < 4.78 is 0. The van der Waals surface area contributed by atoms with E-state index in [0.717, 1.165) is 9.84 Å². The van der Waals surface area contributed by atoms with Gasteiger partial charge in [0.25, 0.3) is 0 Å². The molecule has 0 spiro atoms. The summed E-state index contributed by atoms with van der Waals surface area (Å²) in [5.74, 6) is 0.996. The van der Waals surface area contributed by atoms with Crippen LogP contribution in [0.3, 0.4) is 0 Å². The Kier molecular flexibility index (Phi) is 1.66. The summed E-state index contributed by atoms with van der Waals surface area (Å²) in [6.45, 7) is 0. The number of nitrogens with two attached hydrogens (primary N) is 1. The van der Waals surface area contributed by atoms with Crippen molar-refractivity contribution < 1.29 is 0 Å². The molecule has 2 heterocycles. The van der Waals surface area contributed by atoms with Crippen LogP contribution in [0.4, 0.5) is 5.82 Å². The molecule has 2 aromatic heterocycles. The van der Waals surface area contributed by atoms with Crippen molar-refractivity contribution >= 4 is 39.1 Å². The lowest BCUT2D eigenvalue weighted by Crippen LogP contribution is -1.93. The smallest absolute Gasteiger partial charge is 0.225 e. The van der Waals surface area contributed by atoms with Gasteiger partial charge in [0.05, 0.1) is 5.01 Å². The van der Waals surface area contributed by atoms with Gasteiger partial charge in [-0.05, 0) is 24.4 Å². The largest absolute Gasteiger partial charge is 0.382 e. The molecule has 0 aromatic carbocycles. The van der Waals surface area contributed by atoms with Gasteiger partial charge in [-0.25, -0.2) is 9.97 Å². The van der Waals surface area contributed by atoms with Gasteiger partial charge in [0, 0.05) is 5.92 Å². The van der Waals surface area contributed by atoms with Gasteiger partial charge >= 0.3 is 0 Å². The number of hydrogen-bond acceptors (Lipinski definition) is 5. The van der Waals surface area contributed by atoms with Gasteiger partial charge in [0.15, 0.2) is 10.6 Å². The first-order valence-corrected chi connectivity index (χ1v) is 5.53. The molecule has 72 valence electrons. The Morgan fingerprint density at radius 1 is 1.29 bits per heavy atom. The highest BCUT2D eigenvalue weighted by Crippen LogP contribution is 2.43. The van der Waals surface area contributed by atoms with Crippen LogP contribution in [0.1, 0.15) is 23.8 Å². The Morgan fingerprint density at radius 3 is 2.79 bits per heavy atom. The number of thiazole rings is 1. The molecule has 1 saturated carbocycles. The fraction of sp³-hybridized carbons (Fsp3) is 0.375. The average Bonchev–Trinajstić information content (AvgIpc) is 2.87. The number of nitrogen functional groups attached to an aromatic ring is 1. The van der Waals surface area contributed by atoms with Crippen LogP contribution in [0, 0.1) is 0 Å². The Balaban J connectivity index is 2.26. The van der Waals surface area contributed by atoms with E-state index >= 15 is 0 Å². The average molecular weight is 227 g/mol. The first-order valence-electron chi connectivity index (χ1n) is 4.33. The summed E-state index contributed by atoms with van der Waals surface area (Å²) >= 11 is 7.27. The second-order valence-corrected chi connectivity index (χ2v) is 4.71. The molecule has 0 radical (unpaired) electrons. The summed E-state index contributed by atoms with van der Waals surface area (Å²) in [5, 5.41) is 1.31. The molecule has 0 unspecified atom stereocenters. The SMILES string of the molecule is Nc1nc(Cl)nc2sc(C3CC3)nc12. The second-order valence-electron chi connectivity index (χ2n) is 3.36. The quantitative estimate of drug-likeness (QED) is 0.758. The van der Waals surface area contributed by atoms with Gasteiger partial charge in [0.1, 0.15) is 5.52 Å². The molecule has 0 amide bonds. The third-order valence-electron chi connectivity index (χ3n) is 2.20. The summed E-state index contributed by atoms with van der Waals surface area (Å²) in [6, 6.07) is 0. The number of aromatic nitrogens is 3. The maximum absolute atomic E-state index is 5.71. The van der Waals surface area contributed by atoms with Crippen LogP contribution in [-0.2, 0) is 0 Å². The van der Waals surface area contributed by atoms with E-state index in [1.165, 1.54) is 12.8 Å². The molecule has 0 atom stereocenters. The van der Waals surface area contributed by atoms with Crippen LogP contribution in [0.15, 0.2) is 0 Å². The number of anilines is 1. The predicted octanol–water partition coefficient (Wildman–Crippen LogP) is 2.20. The van der Waals surface area contributed by atoms with Crippen molar-refractivity contribution in [3.8, 4) is 0 Å². The topological polar surface area (TPSA) is 64.7 Å². The third-order valence-corrected chi connectivity index (χ3v) is 3.48. The number of halogens is 1. The van der Waals surface area contributed by atoms with E-state index in [2.05, 4.69) is 15.0 Å². The van der Waals surface area contributed by atoms with Crippen molar-refractivity contribution in [2.75, 3.05) is 5.73 Å². The Labute approximate surface area is 89.1 Å². The Morgan fingerprint density at radius 2 is 2.07 bits per heavy atom. The minimum absolute atomic E-state index is 0.195. The van der Waals surface area contributed by atoms with Crippen molar-refractivity contribution in [1.82, 2.24) is 15.0 Å². The minimum Gasteiger partial charge on any atom is -0.382 e. The van der Waals surface area contributed by atoms with Gasteiger partial charge in [-0.15, -0.1) is 0 Å². The van der Waals surface area contributed by atoms with Crippen LogP contribution in [0.25, 0.3) is 10.3 Å². The zero-order valence-corrected chi connectivity index (χ0v) is 8.77. The van der Waals surface area contributed by atoms with Crippen molar-refractivity contribution in [2.45, 2.75) is 18.8 Å². The molecule has 0 bridgehead atoms. The number of nitrogens with zero attached hydrogens (tertiary/aromatic N) is 3. The maximum atomic E-state index is 5.71. The molecule has 2 aromatic rings. The van der Waals surface area contributed by atoms with Crippen molar-refractivity contribution in [3.63, 3.8) is 0 Å². The highest BCUT2D eigenvalue weighted by Gasteiger charge is 2.27. The van der Waals surface area contributed by atoms with E-state index < -0.39 is 0 Å². The van der Waals surface area contributed by atoms with Crippen LogP contribution in [0.5, 0.6) is 0 Å². The van der Waals surface area contributed by atoms with Gasteiger partial charge in [-0.1, -0.05) is 11.3 Å². The van der Waals surface area contributed by atoms with Crippen molar-refractivity contribution in [1.29, 1.82) is 0 Å². The standard InChI is InChI=1S/C8H7ClN4S/c9-8-12-5(10)4-7(13-8)14-6(11-4)3-1-2-3/h3H,1-2H2,(H2,10,12,13). The zero-order valence-electron chi connectivity index (χ0n) is 7.20. The first-order chi connectivity index (χ1) is 6.74. The van der Waals surface area contributed by atoms with Gasteiger partial charge < -0.3 is 5.73 Å². The molecule has 14 heavy (non-hydrogen) atoms. The molecule has 4 nitrogen and oxygen atoms in total. The van der Waals surface area contributed by atoms with E-state index in [4.69, 9.17) is 17.3 Å². The first kappa shape index (κ1) is 8.38. The van der Waals surface area contributed by atoms with E-state index in [9.17, 15) is 0 Å². The van der Waals surface area contributed by atoms with Crippen molar-refractivity contribution in [2.24, 2.45) is 0 Å². The summed E-state index contributed by atoms with van der Waals surface area (Å²) in [7, 11) is 0. The third kappa shape index (κ3) is 1.24. The molecule has 0 saturated heterocycles. The fourth-order valence-corrected chi connectivity index (χ4v) is 2.68. The van der Waals surface area contributed by atoms with E-state index in [0.29, 0.717) is 17.3 Å².